The zero-order valence-corrected chi connectivity index (χ0v) is 10.3. The minimum absolute atomic E-state index is 0.157. The molecule has 1 aliphatic rings. The smallest absolute Gasteiger partial charge is 0.268 e. The quantitative estimate of drug-likeness (QED) is 0.748. The molecule has 90 valence electrons. The fraction of sp³-hybridized carbons (Fsp3) is 0.667. The zero-order valence-electron chi connectivity index (χ0n) is 9.44. The first-order chi connectivity index (χ1) is 7.51. The molecule has 0 saturated carbocycles. The van der Waals surface area contributed by atoms with Gasteiger partial charge < -0.3 is 0 Å². The van der Waals surface area contributed by atoms with Crippen molar-refractivity contribution in [2.24, 2.45) is 0 Å². The molecule has 0 aliphatic carbocycles. The fourth-order valence-corrected chi connectivity index (χ4v) is 3.02. The molecule has 0 aromatic carbocycles. The van der Waals surface area contributed by atoms with Crippen molar-refractivity contribution < 1.29 is 8.42 Å². The summed E-state index contributed by atoms with van der Waals surface area (Å²) < 4.78 is 28.3. The third kappa shape index (κ3) is 1.98. The van der Waals surface area contributed by atoms with Crippen LogP contribution in [-0.4, -0.2) is 54.0 Å². The summed E-state index contributed by atoms with van der Waals surface area (Å²) in [6, 6.07) is 2.01. The average molecular weight is 244 g/mol. The van der Waals surface area contributed by atoms with Crippen molar-refractivity contribution in [2.75, 3.05) is 27.2 Å². The first-order valence-corrected chi connectivity index (χ1v) is 6.58. The summed E-state index contributed by atoms with van der Waals surface area (Å²) in [5.41, 5.74) is 0. The van der Waals surface area contributed by atoms with Crippen LogP contribution in [0.5, 0.6) is 0 Å². The van der Waals surface area contributed by atoms with Crippen LogP contribution in [0.3, 0.4) is 0 Å². The van der Waals surface area contributed by atoms with Crippen LogP contribution in [0, 0.1) is 0 Å². The second kappa shape index (κ2) is 4.15. The van der Waals surface area contributed by atoms with Gasteiger partial charge in [-0.05, 0) is 12.5 Å². The van der Waals surface area contributed by atoms with Gasteiger partial charge >= 0.3 is 0 Å². The van der Waals surface area contributed by atoms with Crippen molar-refractivity contribution >= 4 is 10.2 Å². The molecule has 6 nitrogen and oxygen atoms in total. The van der Waals surface area contributed by atoms with Crippen LogP contribution in [0.25, 0.3) is 0 Å². The molecule has 1 unspecified atom stereocenters. The van der Waals surface area contributed by atoms with Crippen LogP contribution in [0.1, 0.15) is 12.5 Å². The minimum atomic E-state index is -3.28. The van der Waals surface area contributed by atoms with Gasteiger partial charge in [-0.15, -0.1) is 0 Å². The lowest BCUT2D eigenvalue weighted by atomic mass is 10.3. The number of nitrogens with zero attached hydrogens (tertiary/aromatic N) is 4. The van der Waals surface area contributed by atoms with E-state index in [1.807, 2.05) is 16.9 Å². The Hall–Kier alpha value is -0.920. The van der Waals surface area contributed by atoms with Crippen LogP contribution in [-0.2, 0) is 10.2 Å². The van der Waals surface area contributed by atoms with Crippen molar-refractivity contribution in [1.82, 2.24) is 18.4 Å². The highest BCUT2D eigenvalue weighted by atomic mass is 32.2. The second-order valence-corrected chi connectivity index (χ2v) is 6.22. The van der Waals surface area contributed by atoms with Crippen molar-refractivity contribution in [3.63, 3.8) is 0 Å². The van der Waals surface area contributed by atoms with E-state index < -0.39 is 10.2 Å². The molecular weight excluding hydrogens is 228 g/mol. The van der Waals surface area contributed by atoms with Gasteiger partial charge in [-0.2, -0.15) is 22.1 Å². The Morgan fingerprint density at radius 3 is 2.75 bits per heavy atom. The van der Waals surface area contributed by atoms with Crippen molar-refractivity contribution in [3.8, 4) is 0 Å². The standard InChI is InChI=1S/C9H16N4O2S/c1-11(2)16(14,15)12-7-4-9(8-12)13-6-3-5-10-13/h3,5-6,9H,4,7-8H2,1-2H3. The highest BCUT2D eigenvalue weighted by Gasteiger charge is 2.33. The molecule has 0 spiro atoms. The number of rotatable bonds is 3. The molecule has 1 aromatic rings. The lowest BCUT2D eigenvalue weighted by Crippen LogP contribution is -2.38. The maximum atomic E-state index is 11.9. The lowest BCUT2D eigenvalue weighted by Gasteiger charge is -2.20. The van der Waals surface area contributed by atoms with E-state index >= 15 is 0 Å². The van der Waals surface area contributed by atoms with E-state index in [0.29, 0.717) is 13.1 Å². The summed E-state index contributed by atoms with van der Waals surface area (Å²) >= 11 is 0. The Morgan fingerprint density at radius 1 is 1.44 bits per heavy atom. The maximum absolute atomic E-state index is 11.9. The lowest BCUT2D eigenvalue weighted by molar-refractivity contribution is 0.401. The van der Waals surface area contributed by atoms with Crippen LogP contribution < -0.4 is 0 Å². The van der Waals surface area contributed by atoms with Gasteiger partial charge in [0.2, 0.25) is 0 Å². The van der Waals surface area contributed by atoms with Crippen LogP contribution in [0.4, 0.5) is 0 Å². The van der Waals surface area contributed by atoms with E-state index in [4.69, 9.17) is 0 Å². The van der Waals surface area contributed by atoms with Gasteiger partial charge in [-0.3, -0.25) is 4.68 Å². The second-order valence-electron chi connectivity index (χ2n) is 4.08. The van der Waals surface area contributed by atoms with Crippen molar-refractivity contribution in [3.05, 3.63) is 18.5 Å². The number of hydrogen-bond acceptors (Lipinski definition) is 3. The van der Waals surface area contributed by atoms with Gasteiger partial charge in [0, 0.05) is 39.6 Å². The first kappa shape index (κ1) is 11.6. The van der Waals surface area contributed by atoms with E-state index in [0.717, 1.165) is 6.42 Å². The predicted molar refractivity (Wildman–Crippen MR) is 60.1 cm³/mol. The van der Waals surface area contributed by atoms with E-state index in [1.54, 1.807) is 20.3 Å². The fourth-order valence-electron chi connectivity index (χ4n) is 1.86. The van der Waals surface area contributed by atoms with Crippen molar-refractivity contribution in [1.29, 1.82) is 0 Å². The summed E-state index contributed by atoms with van der Waals surface area (Å²) in [6.07, 6.45) is 4.40. The van der Waals surface area contributed by atoms with E-state index in [-0.39, 0.29) is 6.04 Å². The molecule has 2 heterocycles. The van der Waals surface area contributed by atoms with Crippen LogP contribution in [0.2, 0.25) is 0 Å². The normalized spacial score (nSPS) is 23.1. The van der Waals surface area contributed by atoms with Crippen LogP contribution in [0.15, 0.2) is 18.5 Å². The maximum Gasteiger partial charge on any atom is 0.281 e. The van der Waals surface area contributed by atoms with Gasteiger partial charge in [0.05, 0.1) is 6.04 Å². The molecular formula is C9H16N4O2S. The predicted octanol–water partition coefficient (Wildman–Crippen LogP) is -0.0637. The molecule has 16 heavy (non-hydrogen) atoms. The number of aromatic nitrogens is 2. The van der Waals surface area contributed by atoms with Crippen LogP contribution >= 0.6 is 0 Å². The number of hydrogen-bond donors (Lipinski definition) is 0. The monoisotopic (exact) mass is 244 g/mol. The van der Waals surface area contributed by atoms with E-state index in [2.05, 4.69) is 5.10 Å². The Balaban J connectivity index is 2.10. The van der Waals surface area contributed by atoms with Crippen molar-refractivity contribution in [2.45, 2.75) is 12.5 Å². The summed E-state index contributed by atoms with van der Waals surface area (Å²) in [5, 5.41) is 4.14. The molecule has 1 atom stereocenters. The molecule has 0 radical (unpaired) electrons. The summed E-state index contributed by atoms with van der Waals surface area (Å²) in [6.45, 7) is 1.06. The Morgan fingerprint density at radius 2 is 2.19 bits per heavy atom. The molecule has 1 fully saturated rings. The highest BCUT2D eigenvalue weighted by molar-refractivity contribution is 7.86. The average Bonchev–Trinajstić information content (AvgIpc) is 2.88. The molecule has 0 bridgehead atoms. The Bertz CT molecular complexity index is 440. The van der Waals surface area contributed by atoms with Gasteiger partial charge in [-0.1, -0.05) is 0 Å². The van der Waals surface area contributed by atoms with E-state index in [1.165, 1.54) is 8.61 Å². The first-order valence-electron chi connectivity index (χ1n) is 5.18. The van der Waals surface area contributed by atoms with Gasteiger partial charge in [-0.25, -0.2) is 0 Å². The SMILES string of the molecule is CN(C)S(=O)(=O)N1CCC(n2cccn2)C1. The summed E-state index contributed by atoms with van der Waals surface area (Å²) in [5.74, 6) is 0. The largest absolute Gasteiger partial charge is 0.281 e. The zero-order chi connectivity index (χ0) is 11.8. The summed E-state index contributed by atoms with van der Waals surface area (Å²) in [7, 11) is -0.171. The topological polar surface area (TPSA) is 58.4 Å². The third-order valence-corrected chi connectivity index (χ3v) is 4.72. The molecule has 1 aliphatic heterocycles. The third-order valence-electron chi connectivity index (χ3n) is 2.81. The van der Waals surface area contributed by atoms with Gasteiger partial charge in [0.15, 0.2) is 0 Å². The van der Waals surface area contributed by atoms with Gasteiger partial charge in [0.25, 0.3) is 10.2 Å². The van der Waals surface area contributed by atoms with E-state index in [9.17, 15) is 8.42 Å². The molecule has 0 amide bonds. The summed E-state index contributed by atoms with van der Waals surface area (Å²) in [4.78, 5) is 0. The highest BCUT2D eigenvalue weighted by Crippen LogP contribution is 2.23. The molecule has 2 rings (SSSR count). The minimum Gasteiger partial charge on any atom is -0.268 e. The molecule has 1 saturated heterocycles. The Kier molecular flexibility index (Phi) is 3.00. The molecule has 0 N–H and O–H groups in total. The molecule has 1 aromatic heterocycles. The Labute approximate surface area is 95.6 Å². The molecule has 7 heteroatoms. The van der Waals surface area contributed by atoms with Gasteiger partial charge in [0.1, 0.15) is 0 Å².